The second kappa shape index (κ2) is 9.73. The van der Waals surface area contributed by atoms with Crippen LogP contribution >= 0.6 is 11.6 Å². The Balaban J connectivity index is 1.57. The van der Waals surface area contributed by atoms with Crippen molar-refractivity contribution in [2.45, 2.75) is 57.1 Å². The summed E-state index contributed by atoms with van der Waals surface area (Å²) in [4.78, 5) is 4.33. The van der Waals surface area contributed by atoms with Crippen LogP contribution in [0.5, 0.6) is 0 Å². The fourth-order valence-electron chi connectivity index (χ4n) is 4.34. The number of fused-ring (bicyclic) bond motifs is 1. The van der Waals surface area contributed by atoms with Gasteiger partial charge in [0.1, 0.15) is 0 Å². The number of rotatable bonds is 6. The molecule has 5 heteroatoms. The minimum absolute atomic E-state index is 0.0378. The molecule has 1 unspecified atom stereocenters. The molecule has 150 valence electrons. The van der Waals surface area contributed by atoms with Crippen molar-refractivity contribution in [1.29, 1.82) is 0 Å². The third-order valence-electron chi connectivity index (χ3n) is 5.94. The number of anilines is 1. The molecule has 1 aromatic carbocycles. The van der Waals surface area contributed by atoms with E-state index in [-0.39, 0.29) is 6.04 Å². The van der Waals surface area contributed by atoms with Crippen molar-refractivity contribution in [3.8, 4) is 0 Å². The molecule has 1 aliphatic carbocycles. The molecule has 2 heterocycles. The Morgan fingerprint density at radius 3 is 2.82 bits per heavy atom. The summed E-state index contributed by atoms with van der Waals surface area (Å²) in [6.45, 7) is 2.64. The number of nitrogens with zero attached hydrogens (tertiary/aromatic N) is 1. The maximum absolute atomic E-state index is 6.66. The first-order valence-corrected chi connectivity index (χ1v) is 11.0. The number of benzene rings is 1. The number of ether oxygens (including phenoxy) is 1. The lowest BCUT2D eigenvalue weighted by Crippen LogP contribution is -2.24. The van der Waals surface area contributed by atoms with Crippen molar-refractivity contribution in [2.24, 2.45) is 0 Å². The third kappa shape index (κ3) is 4.86. The van der Waals surface area contributed by atoms with Gasteiger partial charge < -0.3 is 15.4 Å². The summed E-state index contributed by atoms with van der Waals surface area (Å²) in [5.41, 5.74) is 4.92. The van der Waals surface area contributed by atoms with Gasteiger partial charge in [0, 0.05) is 12.4 Å². The average Bonchev–Trinajstić information content (AvgIpc) is 2.99. The Hall–Kier alpha value is -1.62. The molecule has 1 aromatic heterocycles. The van der Waals surface area contributed by atoms with Crippen molar-refractivity contribution >= 4 is 17.3 Å². The first-order valence-electron chi connectivity index (χ1n) is 10.6. The van der Waals surface area contributed by atoms with E-state index in [1.54, 1.807) is 0 Å². The Morgan fingerprint density at radius 2 is 2.00 bits per heavy atom. The number of aromatic nitrogens is 1. The zero-order chi connectivity index (χ0) is 19.2. The highest BCUT2D eigenvalue weighted by atomic mass is 35.5. The van der Waals surface area contributed by atoms with Gasteiger partial charge in [-0.15, -0.1) is 0 Å². The Labute approximate surface area is 173 Å². The molecule has 1 fully saturated rings. The van der Waals surface area contributed by atoms with E-state index in [1.165, 1.54) is 43.2 Å². The van der Waals surface area contributed by atoms with Crippen molar-refractivity contribution < 1.29 is 4.74 Å². The molecule has 0 radical (unpaired) electrons. The second-order valence-electron chi connectivity index (χ2n) is 7.89. The molecule has 0 saturated heterocycles. The summed E-state index contributed by atoms with van der Waals surface area (Å²) < 4.78 is 6.33. The molecule has 1 aliphatic heterocycles. The number of pyridine rings is 1. The number of hydrogen-bond acceptors (Lipinski definition) is 4. The van der Waals surface area contributed by atoms with Gasteiger partial charge in [0.25, 0.3) is 0 Å². The van der Waals surface area contributed by atoms with Gasteiger partial charge in [-0.25, -0.2) is 0 Å². The summed E-state index contributed by atoms with van der Waals surface area (Å²) in [6, 6.07) is 8.34. The van der Waals surface area contributed by atoms with Gasteiger partial charge in [-0.3, -0.25) is 4.98 Å². The van der Waals surface area contributed by atoms with Gasteiger partial charge in [0.15, 0.2) is 0 Å². The predicted octanol–water partition coefficient (Wildman–Crippen LogP) is 4.93. The number of nitrogens with one attached hydrogen (secondary N) is 2. The van der Waals surface area contributed by atoms with Crippen LogP contribution < -0.4 is 10.6 Å². The van der Waals surface area contributed by atoms with Crippen LogP contribution in [0.1, 0.15) is 54.8 Å². The van der Waals surface area contributed by atoms with Crippen molar-refractivity contribution in [3.05, 3.63) is 58.4 Å². The van der Waals surface area contributed by atoms with E-state index < -0.39 is 0 Å². The van der Waals surface area contributed by atoms with Crippen molar-refractivity contribution in [1.82, 2.24) is 10.3 Å². The first kappa shape index (κ1) is 19.7. The van der Waals surface area contributed by atoms with Gasteiger partial charge in [-0.2, -0.15) is 0 Å². The normalized spacial score (nSPS) is 18.9. The van der Waals surface area contributed by atoms with Gasteiger partial charge in [-0.05, 0) is 67.6 Å². The van der Waals surface area contributed by atoms with Gasteiger partial charge in [0.05, 0.1) is 29.5 Å². The maximum Gasteiger partial charge on any atom is 0.0763 e. The largest absolute Gasteiger partial charge is 0.376 e. The summed E-state index contributed by atoms with van der Waals surface area (Å²) in [5, 5.41) is 8.01. The van der Waals surface area contributed by atoms with Crippen LogP contribution in [-0.4, -0.2) is 30.8 Å². The van der Waals surface area contributed by atoms with Crippen LogP contribution in [0.2, 0.25) is 5.02 Å². The van der Waals surface area contributed by atoms with E-state index in [0.717, 1.165) is 42.2 Å². The van der Waals surface area contributed by atoms with Gasteiger partial charge >= 0.3 is 0 Å². The van der Waals surface area contributed by atoms with Crippen LogP contribution in [0, 0.1) is 0 Å². The molecule has 1 saturated carbocycles. The lowest BCUT2D eigenvalue weighted by molar-refractivity contribution is 0.0230. The number of hydrogen-bond donors (Lipinski definition) is 2. The summed E-state index contributed by atoms with van der Waals surface area (Å²) in [7, 11) is 0. The molecular formula is C23H30ClN3O. The van der Waals surface area contributed by atoms with Crippen LogP contribution in [0.3, 0.4) is 0 Å². The minimum Gasteiger partial charge on any atom is -0.376 e. The molecule has 0 amide bonds. The summed E-state index contributed by atoms with van der Waals surface area (Å²) >= 11 is 6.66. The smallest absolute Gasteiger partial charge is 0.0763 e. The van der Waals surface area contributed by atoms with E-state index in [1.807, 2.05) is 24.5 Å². The summed E-state index contributed by atoms with van der Waals surface area (Å²) in [6.07, 6.45) is 12.4. The first-order chi connectivity index (χ1) is 13.8. The highest BCUT2D eigenvalue weighted by molar-refractivity contribution is 6.33. The third-order valence-corrected chi connectivity index (χ3v) is 6.25. The van der Waals surface area contributed by atoms with Crippen molar-refractivity contribution in [3.63, 3.8) is 0 Å². The minimum atomic E-state index is 0.0378. The average molecular weight is 400 g/mol. The molecular weight excluding hydrogens is 370 g/mol. The van der Waals surface area contributed by atoms with E-state index in [0.29, 0.717) is 12.7 Å². The van der Waals surface area contributed by atoms with Gasteiger partial charge in [-0.1, -0.05) is 43.0 Å². The highest BCUT2D eigenvalue weighted by Gasteiger charge is 2.21. The van der Waals surface area contributed by atoms with E-state index in [4.69, 9.17) is 16.3 Å². The molecule has 0 bridgehead atoms. The van der Waals surface area contributed by atoms with Crippen LogP contribution in [0.25, 0.3) is 0 Å². The lowest BCUT2D eigenvalue weighted by atomic mass is 9.97. The molecule has 28 heavy (non-hydrogen) atoms. The fraction of sp³-hybridized carbons (Fsp3) is 0.522. The van der Waals surface area contributed by atoms with Crippen LogP contribution in [0.15, 0.2) is 36.7 Å². The molecule has 2 aromatic rings. The highest BCUT2D eigenvalue weighted by Crippen LogP contribution is 2.34. The van der Waals surface area contributed by atoms with Gasteiger partial charge in [0.2, 0.25) is 0 Å². The number of halogens is 1. The Bertz CT molecular complexity index is 762. The van der Waals surface area contributed by atoms with Crippen LogP contribution in [0.4, 0.5) is 5.69 Å². The molecule has 2 aliphatic rings. The van der Waals surface area contributed by atoms with E-state index >= 15 is 0 Å². The van der Waals surface area contributed by atoms with E-state index in [2.05, 4.69) is 27.8 Å². The predicted molar refractivity (Wildman–Crippen MR) is 115 cm³/mol. The Morgan fingerprint density at radius 1 is 1.14 bits per heavy atom. The molecule has 4 nitrogen and oxygen atoms in total. The van der Waals surface area contributed by atoms with Crippen LogP contribution in [-0.2, 0) is 17.6 Å². The topological polar surface area (TPSA) is 46.2 Å². The summed E-state index contributed by atoms with van der Waals surface area (Å²) in [5.74, 6) is 0. The molecule has 2 N–H and O–H groups in total. The standard InChI is InChI=1S/C23H30ClN3O/c24-21-9-8-17-10-13-25-14-11-20(17)23(21)27-22(18-5-4-12-26-15-18)16-28-19-6-2-1-3-7-19/h4-5,8-9,12,15,19,22,25,27H,1-3,6-7,10-11,13-14,16H2. The molecule has 0 spiro atoms. The quantitative estimate of drug-likeness (QED) is 0.723. The van der Waals surface area contributed by atoms with E-state index in [9.17, 15) is 0 Å². The van der Waals surface area contributed by atoms with Crippen molar-refractivity contribution in [2.75, 3.05) is 25.0 Å². The zero-order valence-corrected chi connectivity index (χ0v) is 17.2. The SMILES string of the molecule is Clc1ccc2c(c1NC(COC1CCCCC1)c1cccnc1)CCNCC2. The monoisotopic (exact) mass is 399 g/mol. The zero-order valence-electron chi connectivity index (χ0n) is 16.4. The lowest BCUT2D eigenvalue weighted by Gasteiger charge is -2.27. The molecule has 4 rings (SSSR count). The molecule has 1 atom stereocenters. The fourth-order valence-corrected chi connectivity index (χ4v) is 4.57. The second-order valence-corrected chi connectivity index (χ2v) is 8.29. The Kier molecular flexibility index (Phi) is 6.84. The maximum atomic E-state index is 6.66.